The molecule has 2 amide bonds. The van der Waals surface area contributed by atoms with Gasteiger partial charge in [-0.2, -0.15) is 0 Å². The van der Waals surface area contributed by atoms with Crippen LogP contribution < -0.4 is 20.7 Å². The monoisotopic (exact) mass is 487 g/mol. The average Bonchev–Trinajstić information content (AvgIpc) is 3.44. The lowest BCUT2D eigenvalue weighted by molar-refractivity contribution is -0.114. The highest BCUT2D eigenvalue weighted by Gasteiger charge is 2.17. The second-order valence-electron chi connectivity index (χ2n) is 8.79. The van der Waals surface area contributed by atoms with Crippen LogP contribution >= 0.6 is 0 Å². The Hall–Kier alpha value is -3.84. The highest BCUT2D eigenvalue weighted by molar-refractivity contribution is 5.98. The van der Waals surface area contributed by atoms with Gasteiger partial charge in [-0.25, -0.2) is 0 Å². The number of nitrogens with one attached hydrogen (secondary N) is 3. The molecule has 4 rings (SSSR count). The maximum absolute atomic E-state index is 12.4. The molecule has 3 aromatic rings. The number of rotatable bonds is 12. The number of hydrogen-bond acceptors (Lipinski definition) is 5. The molecule has 1 heterocycles. The highest BCUT2D eigenvalue weighted by Crippen LogP contribution is 2.17. The minimum Gasteiger partial charge on any atom is -0.494 e. The van der Waals surface area contributed by atoms with Crippen LogP contribution in [0.1, 0.15) is 35.2 Å². The van der Waals surface area contributed by atoms with Crippen LogP contribution in [0, 0.1) is 0 Å². The predicted molar refractivity (Wildman–Crippen MR) is 142 cm³/mol. The van der Waals surface area contributed by atoms with Gasteiger partial charge in [-0.15, -0.1) is 0 Å². The Labute approximate surface area is 212 Å². The quantitative estimate of drug-likeness (QED) is 0.324. The molecule has 0 spiro atoms. The largest absolute Gasteiger partial charge is 0.494 e. The summed E-state index contributed by atoms with van der Waals surface area (Å²) in [5, 5.41) is 8.84. The second-order valence-corrected chi connectivity index (χ2v) is 8.79. The minimum absolute atomic E-state index is 0.0863. The number of carbonyl (C=O) groups excluding carboxylic acids is 2. The van der Waals surface area contributed by atoms with Crippen LogP contribution in [0.4, 0.5) is 11.4 Å². The zero-order chi connectivity index (χ0) is 25.0. The molecule has 7 nitrogen and oxygen atoms in total. The number of anilines is 2. The Morgan fingerprint density at radius 2 is 1.78 bits per heavy atom. The summed E-state index contributed by atoms with van der Waals surface area (Å²) in [6, 6.07) is 24.8. The van der Waals surface area contributed by atoms with Crippen molar-refractivity contribution < 1.29 is 19.1 Å². The third-order valence-corrected chi connectivity index (χ3v) is 5.95. The van der Waals surface area contributed by atoms with E-state index < -0.39 is 0 Å². The summed E-state index contributed by atoms with van der Waals surface area (Å²) in [4.78, 5) is 24.8. The summed E-state index contributed by atoms with van der Waals surface area (Å²) >= 11 is 0. The molecule has 1 atom stereocenters. The summed E-state index contributed by atoms with van der Waals surface area (Å²) < 4.78 is 11.4. The topological polar surface area (TPSA) is 88.7 Å². The van der Waals surface area contributed by atoms with Gasteiger partial charge in [0.15, 0.2) is 0 Å². The first-order valence-electron chi connectivity index (χ1n) is 12.5. The number of ether oxygens (including phenoxy) is 2. The second kappa shape index (κ2) is 13.3. The number of aryl methyl sites for hydroxylation is 1. The Bertz CT molecular complexity index is 1110. The van der Waals surface area contributed by atoms with Crippen molar-refractivity contribution in [1.82, 2.24) is 5.32 Å². The predicted octanol–water partition coefficient (Wildman–Crippen LogP) is 4.66. The maximum Gasteiger partial charge on any atom is 0.251 e. The van der Waals surface area contributed by atoms with Crippen molar-refractivity contribution in [3.8, 4) is 5.75 Å². The summed E-state index contributed by atoms with van der Waals surface area (Å²) in [7, 11) is 0. The smallest absolute Gasteiger partial charge is 0.251 e. The number of carbonyl (C=O) groups is 2. The van der Waals surface area contributed by atoms with Crippen molar-refractivity contribution in [2.45, 2.75) is 31.8 Å². The third-order valence-electron chi connectivity index (χ3n) is 5.95. The fraction of sp³-hybridized carbons (Fsp3) is 0.310. The molecular formula is C29H33N3O4. The summed E-state index contributed by atoms with van der Waals surface area (Å²) in [5.74, 6) is 0.419. The van der Waals surface area contributed by atoms with E-state index >= 15 is 0 Å². The average molecular weight is 488 g/mol. The standard InChI is InChI=1S/C29H33N3O4/c33-28(32-25-11-4-10-23(19-25)29(34)31-20-27-12-6-18-36-27)21-30-24-13-15-26(16-14-24)35-17-5-9-22-7-2-1-3-8-22/h1-4,7-8,10-11,13-16,19,27,30H,5-6,9,12,17-18,20-21H2,(H,31,34)(H,32,33). The van der Waals surface area contributed by atoms with Crippen LogP contribution in [0.15, 0.2) is 78.9 Å². The van der Waals surface area contributed by atoms with Crippen molar-refractivity contribution in [3.63, 3.8) is 0 Å². The highest BCUT2D eigenvalue weighted by atomic mass is 16.5. The molecule has 7 heteroatoms. The zero-order valence-corrected chi connectivity index (χ0v) is 20.4. The lowest BCUT2D eigenvalue weighted by atomic mass is 10.1. The fourth-order valence-electron chi connectivity index (χ4n) is 4.02. The summed E-state index contributed by atoms with van der Waals surface area (Å²) in [5.41, 5.74) is 3.20. The molecule has 0 aromatic heterocycles. The Kier molecular flexibility index (Phi) is 9.33. The number of amides is 2. The van der Waals surface area contributed by atoms with E-state index in [0.717, 1.165) is 43.7 Å². The first-order chi connectivity index (χ1) is 17.7. The van der Waals surface area contributed by atoms with Crippen molar-refractivity contribution in [3.05, 3.63) is 90.0 Å². The van der Waals surface area contributed by atoms with Crippen LogP contribution in [0.25, 0.3) is 0 Å². The lowest BCUT2D eigenvalue weighted by Gasteiger charge is -2.12. The van der Waals surface area contributed by atoms with Gasteiger partial charge in [0, 0.05) is 30.1 Å². The van der Waals surface area contributed by atoms with E-state index in [-0.39, 0.29) is 24.5 Å². The molecule has 1 unspecified atom stereocenters. The van der Waals surface area contributed by atoms with Gasteiger partial charge < -0.3 is 25.4 Å². The Morgan fingerprint density at radius 1 is 0.944 bits per heavy atom. The van der Waals surface area contributed by atoms with Gasteiger partial charge in [0.1, 0.15) is 5.75 Å². The van der Waals surface area contributed by atoms with Gasteiger partial charge in [-0.3, -0.25) is 9.59 Å². The van der Waals surface area contributed by atoms with Crippen molar-refractivity contribution in [1.29, 1.82) is 0 Å². The molecular weight excluding hydrogens is 454 g/mol. The molecule has 0 aliphatic carbocycles. The van der Waals surface area contributed by atoms with E-state index in [2.05, 4.69) is 28.1 Å². The Balaban J connectivity index is 1.16. The van der Waals surface area contributed by atoms with Gasteiger partial charge in [0.2, 0.25) is 5.91 Å². The van der Waals surface area contributed by atoms with E-state index in [0.29, 0.717) is 24.4 Å². The van der Waals surface area contributed by atoms with Crippen LogP contribution in [0.3, 0.4) is 0 Å². The zero-order valence-electron chi connectivity index (χ0n) is 20.4. The van der Waals surface area contributed by atoms with Crippen LogP contribution in [0.5, 0.6) is 5.75 Å². The van der Waals surface area contributed by atoms with Gasteiger partial charge in [-0.05, 0) is 73.7 Å². The Morgan fingerprint density at radius 3 is 2.56 bits per heavy atom. The van der Waals surface area contributed by atoms with Crippen LogP contribution in [-0.4, -0.2) is 44.2 Å². The molecule has 0 saturated carbocycles. The van der Waals surface area contributed by atoms with E-state index in [1.165, 1.54) is 5.56 Å². The van der Waals surface area contributed by atoms with Gasteiger partial charge in [-0.1, -0.05) is 36.4 Å². The molecule has 0 bridgehead atoms. The van der Waals surface area contributed by atoms with Crippen molar-refractivity contribution >= 4 is 23.2 Å². The van der Waals surface area contributed by atoms with E-state index in [9.17, 15) is 9.59 Å². The number of benzene rings is 3. The number of hydrogen-bond donors (Lipinski definition) is 3. The van der Waals surface area contributed by atoms with Crippen LogP contribution in [0.2, 0.25) is 0 Å². The first kappa shape index (κ1) is 25.3. The molecule has 1 saturated heterocycles. The molecule has 188 valence electrons. The van der Waals surface area contributed by atoms with E-state index in [4.69, 9.17) is 9.47 Å². The molecule has 1 fully saturated rings. The fourth-order valence-corrected chi connectivity index (χ4v) is 4.02. The molecule has 0 radical (unpaired) electrons. The summed E-state index contributed by atoms with van der Waals surface area (Å²) in [6.45, 7) is 2.00. The molecule has 3 N–H and O–H groups in total. The van der Waals surface area contributed by atoms with E-state index in [1.807, 2.05) is 42.5 Å². The molecule has 3 aromatic carbocycles. The van der Waals surface area contributed by atoms with Crippen molar-refractivity contribution in [2.75, 3.05) is 36.9 Å². The lowest BCUT2D eigenvalue weighted by Crippen LogP contribution is -2.31. The third kappa shape index (κ3) is 8.13. The molecule has 1 aliphatic heterocycles. The van der Waals surface area contributed by atoms with Crippen LogP contribution in [-0.2, 0) is 16.0 Å². The van der Waals surface area contributed by atoms with Gasteiger partial charge in [0.05, 0.1) is 19.3 Å². The van der Waals surface area contributed by atoms with Crippen molar-refractivity contribution in [2.24, 2.45) is 0 Å². The summed E-state index contributed by atoms with van der Waals surface area (Å²) in [6.07, 6.45) is 4.01. The normalized spacial score (nSPS) is 14.7. The maximum atomic E-state index is 12.4. The molecule has 36 heavy (non-hydrogen) atoms. The molecule has 1 aliphatic rings. The van der Waals surface area contributed by atoms with Gasteiger partial charge >= 0.3 is 0 Å². The SMILES string of the molecule is O=C(CNc1ccc(OCCCc2ccccc2)cc1)Nc1cccc(C(=O)NCC2CCCO2)c1. The first-order valence-corrected chi connectivity index (χ1v) is 12.5. The van der Waals surface area contributed by atoms with Gasteiger partial charge in [0.25, 0.3) is 5.91 Å². The van der Waals surface area contributed by atoms with E-state index in [1.54, 1.807) is 24.3 Å². The minimum atomic E-state index is -0.201.